The van der Waals surface area contributed by atoms with Gasteiger partial charge in [0.1, 0.15) is 23.0 Å². The lowest BCUT2D eigenvalue weighted by Crippen LogP contribution is -2.30. The zero-order valence-electron chi connectivity index (χ0n) is 21.4. The number of aryl methyl sites for hydroxylation is 1. The molecule has 0 saturated carbocycles. The zero-order chi connectivity index (χ0) is 27.0. The monoisotopic (exact) mass is 513 g/mol. The van der Waals surface area contributed by atoms with Crippen molar-refractivity contribution < 1.29 is 28.9 Å². The molecular formula is C29H27N3O6. The van der Waals surface area contributed by atoms with E-state index in [1.165, 1.54) is 4.90 Å². The molecule has 1 atom stereocenters. The van der Waals surface area contributed by atoms with Crippen LogP contribution in [0.2, 0.25) is 0 Å². The van der Waals surface area contributed by atoms with Gasteiger partial charge >= 0.3 is 5.91 Å². The Labute approximate surface area is 219 Å². The molecule has 38 heavy (non-hydrogen) atoms. The van der Waals surface area contributed by atoms with Gasteiger partial charge in [0.2, 0.25) is 5.95 Å². The zero-order valence-corrected chi connectivity index (χ0v) is 21.4. The summed E-state index contributed by atoms with van der Waals surface area (Å²) in [6.07, 6.45) is 0. The molecule has 1 aromatic heterocycles. The Morgan fingerprint density at radius 3 is 2.37 bits per heavy atom. The lowest BCUT2D eigenvalue weighted by Gasteiger charge is -2.23. The van der Waals surface area contributed by atoms with Crippen LogP contribution in [0.5, 0.6) is 17.2 Å². The summed E-state index contributed by atoms with van der Waals surface area (Å²) in [4.78, 5) is 35.9. The molecule has 1 amide bonds. The number of anilines is 1. The van der Waals surface area contributed by atoms with Gasteiger partial charge in [-0.25, -0.2) is 4.98 Å². The molecule has 0 aliphatic carbocycles. The van der Waals surface area contributed by atoms with Gasteiger partial charge in [-0.3, -0.25) is 14.5 Å². The average Bonchev–Trinajstić information content (AvgIpc) is 3.47. The predicted molar refractivity (Wildman–Crippen MR) is 143 cm³/mol. The topological polar surface area (TPSA) is 114 Å². The van der Waals surface area contributed by atoms with Crippen molar-refractivity contribution in [3.8, 4) is 17.2 Å². The van der Waals surface area contributed by atoms with E-state index in [0.29, 0.717) is 46.0 Å². The Hall–Kier alpha value is -4.79. The molecule has 9 heteroatoms. The number of methoxy groups -OCH3 is 2. The van der Waals surface area contributed by atoms with E-state index >= 15 is 0 Å². The number of ketones is 1. The number of aliphatic hydroxyl groups excluding tert-OH is 1. The minimum atomic E-state index is -0.935. The second-order valence-corrected chi connectivity index (χ2v) is 8.80. The number of carbonyl (C=O) groups is 2. The molecule has 1 fully saturated rings. The maximum Gasteiger partial charge on any atom is 0.302 e. The molecule has 1 unspecified atom stereocenters. The van der Waals surface area contributed by atoms with Crippen molar-refractivity contribution in [3.63, 3.8) is 0 Å². The summed E-state index contributed by atoms with van der Waals surface area (Å²) in [5, 5.41) is 11.4. The molecule has 4 aromatic rings. The molecule has 1 aliphatic rings. The summed E-state index contributed by atoms with van der Waals surface area (Å²) in [7, 11) is 3.11. The van der Waals surface area contributed by atoms with E-state index in [-0.39, 0.29) is 17.3 Å². The Morgan fingerprint density at radius 1 is 1.00 bits per heavy atom. The lowest BCUT2D eigenvalue weighted by molar-refractivity contribution is -0.132. The van der Waals surface area contributed by atoms with E-state index in [9.17, 15) is 14.7 Å². The molecule has 0 bridgehead atoms. The standard InChI is InChI=1S/C29H27N3O6/c1-5-38-23-13-8-18(14-16(23)2)26(33)24-25(17-6-9-19(36-3)10-7-17)32(28(35)27(24)34)29-30-21-12-11-20(37-4)15-22(21)31-29/h6-15,25,33H,5H2,1-4H3,(H,30,31)/b26-24+. The summed E-state index contributed by atoms with van der Waals surface area (Å²) >= 11 is 0. The molecular weight excluding hydrogens is 486 g/mol. The summed E-state index contributed by atoms with van der Waals surface area (Å²) in [6.45, 7) is 4.24. The number of fused-ring (bicyclic) bond motifs is 1. The van der Waals surface area contributed by atoms with Gasteiger partial charge in [-0.2, -0.15) is 0 Å². The molecule has 5 rings (SSSR count). The summed E-state index contributed by atoms with van der Waals surface area (Å²) < 4.78 is 16.2. The van der Waals surface area contributed by atoms with E-state index < -0.39 is 17.7 Å². The van der Waals surface area contributed by atoms with Crippen LogP contribution in [-0.2, 0) is 9.59 Å². The third kappa shape index (κ3) is 4.21. The molecule has 0 radical (unpaired) electrons. The average molecular weight is 514 g/mol. The minimum absolute atomic E-state index is 0.0400. The number of benzene rings is 3. The van der Waals surface area contributed by atoms with Crippen molar-refractivity contribution in [3.05, 3.63) is 82.9 Å². The molecule has 2 N–H and O–H groups in total. The van der Waals surface area contributed by atoms with E-state index in [1.54, 1.807) is 74.9 Å². The Bertz CT molecular complexity index is 1570. The van der Waals surface area contributed by atoms with Crippen molar-refractivity contribution in [1.82, 2.24) is 9.97 Å². The number of aromatic nitrogens is 2. The van der Waals surface area contributed by atoms with Gasteiger partial charge in [-0.1, -0.05) is 12.1 Å². The van der Waals surface area contributed by atoms with Crippen LogP contribution in [0.4, 0.5) is 5.95 Å². The van der Waals surface area contributed by atoms with Crippen LogP contribution in [-0.4, -0.2) is 47.6 Å². The van der Waals surface area contributed by atoms with Gasteiger partial charge in [0, 0.05) is 11.6 Å². The van der Waals surface area contributed by atoms with Gasteiger partial charge in [-0.05, 0) is 67.4 Å². The number of hydrogen-bond acceptors (Lipinski definition) is 7. The highest BCUT2D eigenvalue weighted by Crippen LogP contribution is 2.42. The summed E-state index contributed by atoms with van der Waals surface area (Å²) in [5.41, 5.74) is 2.98. The van der Waals surface area contributed by atoms with Crippen molar-refractivity contribution in [2.45, 2.75) is 19.9 Å². The molecule has 1 saturated heterocycles. The second-order valence-electron chi connectivity index (χ2n) is 8.80. The van der Waals surface area contributed by atoms with Gasteiger partial charge in [0.25, 0.3) is 5.78 Å². The molecule has 3 aromatic carbocycles. The minimum Gasteiger partial charge on any atom is -0.507 e. The first-order valence-corrected chi connectivity index (χ1v) is 12.1. The number of rotatable bonds is 7. The number of H-pyrrole nitrogens is 1. The highest BCUT2D eigenvalue weighted by atomic mass is 16.5. The number of carbonyl (C=O) groups excluding carboxylic acids is 2. The van der Waals surface area contributed by atoms with Crippen LogP contribution in [0.1, 0.15) is 29.7 Å². The SMILES string of the molecule is CCOc1ccc(/C(O)=C2\C(=O)C(=O)N(c3nc4ccc(OC)cc4[nH]3)C2c2ccc(OC)cc2)cc1C. The first-order valence-electron chi connectivity index (χ1n) is 12.1. The van der Waals surface area contributed by atoms with Crippen LogP contribution in [0, 0.1) is 6.92 Å². The van der Waals surface area contributed by atoms with Crippen LogP contribution >= 0.6 is 0 Å². The van der Waals surface area contributed by atoms with E-state index in [2.05, 4.69) is 9.97 Å². The fraction of sp³-hybridized carbons (Fsp3) is 0.207. The first kappa shape index (κ1) is 24.9. The number of amides is 1. The molecule has 9 nitrogen and oxygen atoms in total. The normalized spacial score (nSPS) is 16.7. The number of nitrogens with zero attached hydrogens (tertiary/aromatic N) is 2. The summed E-state index contributed by atoms with van der Waals surface area (Å²) in [5.74, 6) is 0.188. The van der Waals surface area contributed by atoms with Gasteiger partial charge in [-0.15, -0.1) is 0 Å². The smallest absolute Gasteiger partial charge is 0.302 e. The maximum absolute atomic E-state index is 13.5. The molecule has 194 valence electrons. The summed E-state index contributed by atoms with van der Waals surface area (Å²) in [6, 6.07) is 16.5. The largest absolute Gasteiger partial charge is 0.507 e. The van der Waals surface area contributed by atoms with E-state index in [4.69, 9.17) is 14.2 Å². The number of aromatic amines is 1. The van der Waals surface area contributed by atoms with Crippen LogP contribution in [0.25, 0.3) is 16.8 Å². The third-order valence-corrected chi connectivity index (χ3v) is 6.53. The number of Topliss-reactive ketones (excluding diaryl/α,β-unsaturated/α-hetero) is 1. The van der Waals surface area contributed by atoms with Gasteiger partial charge in [0.05, 0.1) is 43.5 Å². The van der Waals surface area contributed by atoms with Crippen molar-refractivity contribution >= 4 is 34.4 Å². The quantitative estimate of drug-likeness (QED) is 0.205. The van der Waals surface area contributed by atoms with Gasteiger partial charge < -0.3 is 24.3 Å². The highest BCUT2D eigenvalue weighted by molar-refractivity contribution is 6.51. The molecule has 1 aliphatic heterocycles. The lowest BCUT2D eigenvalue weighted by atomic mass is 9.95. The van der Waals surface area contributed by atoms with E-state index in [0.717, 1.165) is 5.56 Å². The van der Waals surface area contributed by atoms with Crippen LogP contribution < -0.4 is 19.1 Å². The highest BCUT2D eigenvalue weighted by Gasteiger charge is 2.48. The Morgan fingerprint density at radius 2 is 1.71 bits per heavy atom. The Kier molecular flexibility index (Phi) is 6.50. The third-order valence-electron chi connectivity index (χ3n) is 6.53. The predicted octanol–water partition coefficient (Wildman–Crippen LogP) is 4.91. The number of ether oxygens (including phenoxy) is 3. The van der Waals surface area contributed by atoms with Crippen molar-refractivity contribution in [1.29, 1.82) is 0 Å². The maximum atomic E-state index is 13.5. The number of imidazole rings is 1. The number of nitrogens with one attached hydrogen (secondary N) is 1. The fourth-order valence-electron chi connectivity index (χ4n) is 4.64. The van der Waals surface area contributed by atoms with Crippen molar-refractivity contribution in [2.75, 3.05) is 25.7 Å². The first-order chi connectivity index (χ1) is 18.4. The fourth-order valence-corrected chi connectivity index (χ4v) is 4.64. The van der Waals surface area contributed by atoms with Crippen molar-refractivity contribution in [2.24, 2.45) is 0 Å². The Balaban J connectivity index is 1.68. The molecule has 2 heterocycles. The van der Waals surface area contributed by atoms with Gasteiger partial charge in [0.15, 0.2) is 0 Å². The van der Waals surface area contributed by atoms with Crippen LogP contribution in [0.3, 0.4) is 0 Å². The van der Waals surface area contributed by atoms with E-state index in [1.807, 2.05) is 13.8 Å². The molecule has 0 spiro atoms. The number of hydrogen-bond donors (Lipinski definition) is 2. The number of aliphatic hydroxyl groups is 1. The van der Waals surface area contributed by atoms with Crippen LogP contribution in [0.15, 0.2) is 66.2 Å². The second kappa shape index (κ2) is 9.93.